The van der Waals surface area contributed by atoms with Crippen molar-refractivity contribution in [3.8, 4) is 0 Å². The summed E-state index contributed by atoms with van der Waals surface area (Å²) in [5, 5.41) is 35.8. The number of aliphatic carboxylic acids is 1. The minimum Gasteiger partial charge on any atom is -0.480 e. The lowest BCUT2D eigenvalue weighted by atomic mass is 9.80. The maximum Gasteiger partial charge on any atom is 0.451 e. The van der Waals surface area contributed by atoms with Crippen molar-refractivity contribution >= 4 is 13.1 Å². The van der Waals surface area contributed by atoms with Gasteiger partial charge in [0.05, 0.1) is 6.10 Å². The third-order valence-electron chi connectivity index (χ3n) is 2.97. The van der Waals surface area contributed by atoms with Gasteiger partial charge in [-0.15, -0.1) is 0 Å². The van der Waals surface area contributed by atoms with Crippen molar-refractivity contribution in [2.24, 2.45) is 11.7 Å². The predicted molar refractivity (Wildman–Crippen MR) is 52.9 cm³/mol. The molecule has 0 spiro atoms. The summed E-state index contributed by atoms with van der Waals surface area (Å²) in [6.07, 6.45) is -0.0856. The first-order valence-corrected chi connectivity index (χ1v) is 4.91. The number of nitrogens with two attached hydrogens (primary N) is 1. The smallest absolute Gasteiger partial charge is 0.451 e. The van der Waals surface area contributed by atoms with Crippen molar-refractivity contribution in [1.29, 1.82) is 0 Å². The Balaban J connectivity index is 2.53. The summed E-state index contributed by atoms with van der Waals surface area (Å²) in [7, 11) is -1.42. The van der Waals surface area contributed by atoms with E-state index in [1.165, 1.54) is 0 Å². The van der Waals surface area contributed by atoms with Gasteiger partial charge < -0.3 is 26.0 Å². The van der Waals surface area contributed by atoms with Crippen molar-refractivity contribution in [2.45, 2.75) is 37.2 Å². The van der Waals surface area contributed by atoms with Gasteiger partial charge in [0.1, 0.15) is 5.54 Å². The van der Waals surface area contributed by atoms with E-state index in [1.807, 2.05) is 0 Å². The molecule has 3 atom stereocenters. The molecule has 0 amide bonds. The molecule has 1 rings (SSSR count). The summed E-state index contributed by atoms with van der Waals surface area (Å²) in [5.41, 5.74) is 4.23. The highest BCUT2D eigenvalue weighted by Crippen LogP contribution is 2.36. The van der Waals surface area contributed by atoms with Crippen LogP contribution in [0, 0.1) is 5.92 Å². The van der Waals surface area contributed by atoms with Crippen LogP contribution in [0.3, 0.4) is 0 Å². The first kappa shape index (κ1) is 12.4. The summed E-state index contributed by atoms with van der Waals surface area (Å²) in [4.78, 5) is 10.8. The van der Waals surface area contributed by atoms with E-state index in [1.54, 1.807) is 0 Å². The monoisotopic (exact) mass is 217 g/mol. The second-order valence-electron chi connectivity index (χ2n) is 4.25. The molecule has 0 aromatic rings. The van der Waals surface area contributed by atoms with Gasteiger partial charge in [-0.1, -0.05) is 0 Å². The van der Waals surface area contributed by atoms with Gasteiger partial charge in [-0.25, -0.2) is 0 Å². The third-order valence-corrected chi connectivity index (χ3v) is 2.97. The van der Waals surface area contributed by atoms with Gasteiger partial charge in [-0.2, -0.15) is 0 Å². The number of rotatable bonds is 4. The lowest BCUT2D eigenvalue weighted by Gasteiger charge is -2.17. The Kier molecular flexibility index (Phi) is 3.72. The van der Waals surface area contributed by atoms with E-state index in [0.29, 0.717) is 6.42 Å². The van der Waals surface area contributed by atoms with Gasteiger partial charge in [0, 0.05) is 6.42 Å². The molecule has 6 nitrogen and oxygen atoms in total. The van der Waals surface area contributed by atoms with E-state index in [-0.39, 0.29) is 25.1 Å². The Morgan fingerprint density at radius 1 is 1.47 bits per heavy atom. The molecule has 0 aliphatic heterocycles. The average Bonchev–Trinajstić information content (AvgIpc) is 2.39. The van der Waals surface area contributed by atoms with Gasteiger partial charge in [0.15, 0.2) is 0 Å². The molecule has 15 heavy (non-hydrogen) atoms. The normalized spacial score (nSPS) is 35.5. The number of carboxylic acid groups (broad SMARTS) is 1. The molecule has 86 valence electrons. The first-order chi connectivity index (χ1) is 6.85. The summed E-state index contributed by atoms with van der Waals surface area (Å²) >= 11 is 0. The summed E-state index contributed by atoms with van der Waals surface area (Å²) in [6.45, 7) is 0. The van der Waals surface area contributed by atoms with Crippen LogP contribution < -0.4 is 5.73 Å². The SMILES string of the molecule is N[C@]1(C(=O)O)CC(O)[C@@H](CCB(O)O)C1. The lowest BCUT2D eigenvalue weighted by Crippen LogP contribution is -2.45. The van der Waals surface area contributed by atoms with Crippen molar-refractivity contribution < 1.29 is 25.1 Å². The van der Waals surface area contributed by atoms with Crippen molar-refractivity contribution in [3.63, 3.8) is 0 Å². The Morgan fingerprint density at radius 3 is 2.47 bits per heavy atom. The molecule has 0 heterocycles. The molecule has 1 aliphatic rings. The third kappa shape index (κ3) is 2.91. The Labute approximate surface area is 87.9 Å². The molecule has 1 saturated carbocycles. The van der Waals surface area contributed by atoms with Crippen LogP contribution in [0.5, 0.6) is 0 Å². The average molecular weight is 217 g/mol. The van der Waals surface area contributed by atoms with E-state index < -0.39 is 24.7 Å². The zero-order valence-electron chi connectivity index (χ0n) is 8.33. The van der Waals surface area contributed by atoms with E-state index in [4.69, 9.17) is 20.9 Å². The molecule has 0 bridgehead atoms. The number of carboxylic acids is 1. The van der Waals surface area contributed by atoms with E-state index in [0.717, 1.165) is 0 Å². The standard InChI is InChI=1S/C8H16BNO5/c10-8(7(12)13)3-5(6(11)4-8)1-2-9(14)15/h5-6,11,14-15H,1-4,10H2,(H,12,13)/t5-,6?,8-/m0/s1. The highest BCUT2D eigenvalue weighted by Gasteiger charge is 2.47. The molecule has 0 aromatic heterocycles. The molecular weight excluding hydrogens is 201 g/mol. The van der Waals surface area contributed by atoms with E-state index in [9.17, 15) is 9.90 Å². The summed E-state index contributed by atoms with van der Waals surface area (Å²) < 4.78 is 0. The second kappa shape index (κ2) is 4.48. The number of aliphatic hydroxyl groups is 1. The van der Waals surface area contributed by atoms with Crippen LogP contribution in [0.25, 0.3) is 0 Å². The van der Waals surface area contributed by atoms with Crippen LogP contribution in [-0.4, -0.2) is 45.0 Å². The highest BCUT2D eigenvalue weighted by molar-refractivity contribution is 6.40. The lowest BCUT2D eigenvalue weighted by molar-refractivity contribution is -0.143. The highest BCUT2D eigenvalue weighted by atomic mass is 16.4. The van der Waals surface area contributed by atoms with Gasteiger partial charge in [-0.3, -0.25) is 4.79 Å². The van der Waals surface area contributed by atoms with Crippen LogP contribution >= 0.6 is 0 Å². The molecule has 1 unspecified atom stereocenters. The number of carbonyl (C=O) groups is 1. The fourth-order valence-electron chi connectivity index (χ4n) is 2.06. The largest absolute Gasteiger partial charge is 0.480 e. The quantitative estimate of drug-likeness (QED) is 0.361. The van der Waals surface area contributed by atoms with Crippen LogP contribution in [0.4, 0.5) is 0 Å². The van der Waals surface area contributed by atoms with Crippen molar-refractivity contribution in [3.05, 3.63) is 0 Å². The molecular formula is C8H16BNO5. The minimum atomic E-state index is -1.42. The second-order valence-corrected chi connectivity index (χ2v) is 4.25. The molecule has 7 heteroatoms. The van der Waals surface area contributed by atoms with Gasteiger partial charge >= 0.3 is 13.1 Å². The van der Waals surface area contributed by atoms with E-state index >= 15 is 0 Å². The molecule has 1 fully saturated rings. The zero-order valence-corrected chi connectivity index (χ0v) is 8.33. The summed E-state index contributed by atoms with van der Waals surface area (Å²) in [5.74, 6) is -1.39. The predicted octanol–water partition coefficient (Wildman–Crippen LogP) is -1.60. The minimum absolute atomic E-state index is 0.0223. The van der Waals surface area contributed by atoms with Crippen LogP contribution in [0.2, 0.25) is 6.32 Å². The van der Waals surface area contributed by atoms with E-state index in [2.05, 4.69) is 0 Å². The Morgan fingerprint density at radius 2 is 2.07 bits per heavy atom. The van der Waals surface area contributed by atoms with Gasteiger partial charge in [-0.05, 0) is 25.1 Å². The van der Waals surface area contributed by atoms with Gasteiger partial charge in [0.2, 0.25) is 0 Å². The number of hydrogen-bond donors (Lipinski definition) is 5. The number of aliphatic hydroxyl groups excluding tert-OH is 1. The maximum absolute atomic E-state index is 10.8. The van der Waals surface area contributed by atoms with Crippen LogP contribution in [0.15, 0.2) is 0 Å². The Hall–Kier alpha value is -0.625. The van der Waals surface area contributed by atoms with Gasteiger partial charge in [0.25, 0.3) is 0 Å². The fraction of sp³-hybridized carbons (Fsp3) is 0.875. The molecule has 6 N–H and O–H groups in total. The van der Waals surface area contributed by atoms with Crippen LogP contribution in [0.1, 0.15) is 19.3 Å². The number of hydrogen-bond acceptors (Lipinski definition) is 5. The first-order valence-electron chi connectivity index (χ1n) is 4.91. The Bertz CT molecular complexity index is 249. The van der Waals surface area contributed by atoms with Crippen molar-refractivity contribution in [1.82, 2.24) is 0 Å². The topological polar surface area (TPSA) is 124 Å². The maximum atomic E-state index is 10.8. The fourth-order valence-corrected chi connectivity index (χ4v) is 2.06. The van der Waals surface area contributed by atoms with Crippen LogP contribution in [-0.2, 0) is 4.79 Å². The molecule has 0 saturated heterocycles. The zero-order chi connectivity index (χ0) is 11.6. The molecule has 1 aliphatic carbocycles. The van der Waals surface area contributed by atoms with Crippen molar-refractivity contribution in [2.75, 3.05) is 0 Å². The molecule has 0 aromatic carbocycles. The summed E-state index contributed by atoms with van der Waals surface area (Å²) in [6, 6.07) is 0. The molecule has 0 radical (unpaired) electrons.